The van der Waals surface area contributed by atoms with Crippen LogP contribution in [0.2, 0.25) is 0 Å². The lowest BCUT2D eigenvalue weighted by Gasteiger charge is -2.12. The lowest BCUT2D eigenvalue weighted by Crippen LogP contribution is -1.96. The van der Waals surface area contributed by atoms with Gasteiger partial charge in [-0.25, -0.2) is 9.97 Å². The molecular weight excluding hydrogens is 480 g/mol. The van der Waals surface area contributed by atoms with Crippen LogP contribution in [0.4, 0.5) is 0 Å². The van der Waals surface area contributed by atoms with Gasteiger partial charge < -0.3 is 0 Å². The molecule has 2 nitrogen and oxygen atoms in total. The zero-order valence-corrected chi connectivity index (χ0v) is 21.7. The molecule has 7 rings (SSSR count). The number of fused-ring (bicyclic) bond motifs is 3. The molecule has 0 atom stereocenters. The average Bonchev–Trinajstić information content (AvgIpc) is 3.35. The zero-order chi connectivity index (χ0) is 25.5. The van der Waals surface area contributed by atoms with E-state index in [0.29, 0.717) is 0 Å². The Balaban J connectivity index is 1.39. The Hall–Kier alpha value is -4.60. The minimum atomic E-state index is 0.753. The number of aryl methyl sites for hydroxylation is 1. The Labute approximate surface area is 225 Å². The van der Waals surface area contributed by atoms with Crippen molar-refractivity contribution < 1.29 is 0 Å². The molecule has 0 N–H and O–H groups in total. The molecule has 0 saturated carbocycles. The Morgan fingerprint density at radius 1 is 0.447 bits per heavy atom. The van der Waals surface area contributed by atoms with E-state index in [-0.39, 0.29) is 0 Å². The molecule has 0 radical (unpaired) electrons. The second-order valence-electron chi connectivity index (χ2n) is 9.56. The third kappa shape index (κ3) is 4.17. The number of aromatic nitrogens is 2. The highest BCUT2D eigenvalue weighted by atomic mass is 32.1. The average molecular weight is 505 g/mol. The van der Waals surface area contributed by atoms with Crippen molar-refractivity contribution in [2.45, 2.75) is 6.92 Å². The summed E-state index contributed by atoms with van der Waals surface area (Å²) in [5.74, 6) is 0.753. The third-order valence-electron chi connectivity index (χ3n) is 6.93. The van der Waals surface area contributed by atoms with Gasteiger partial charge in [0.1, 0.15) is 0 Å². The largest absolute Gasteiger partial charge is 0.233 e. The standard InChI is InChI=1S/C35H24N2S/c1-23-18-32(37-35(36-23)26-16-17-34-31(22-26)30-14-8-9-15-33(30)38-34)29-20-27(24-10-4-2-5-11-24)19-28(21-29)25-12-6-3-7-13-25/h2-22H,1H3. The van der Waals surface area contributed by atoms with Gasteiger partial charge in [0, 0.05) is 37.0 Å². The van der Waals surface area contributed by atoms with Crippen LogP contribution in [0.25, 0.3) is 65.1 Å². The van der Waals surface area contributed by atoms with Gasteiger partial charge in [0.25, 0.3) is 0 Å². The highest BCUT2D eigenvalue weighted by molar-refractivity contribution is 7.25. The van der Waals surface area contributed by atoms with Crippen molar-refractivity contribution in [2.75, 3.05) is 0 Å². The SMILES string of the molecule is Cc1cc(-c2cc(-c3ccccc3)cc(-c3ccccc3)c2)nc(-c2ccc3sc4ccccc4c3c2)n1. The van der Waals surface area contributed by atoms with Gasteiger partial charge in [-0.1, -0.05) is 78.9 Å². The molecule has 0 spiro atoms. The number of benzene rings is 5. The second kappa shape index (κ2) is 9.37. The van der Waals surface area contributed by atoms with Gasteiger partial charge in [-0.05, 0) is 77.7 Å². The topological polar surface area (TPSA) is 25.8 Å². The summed E-state index contributed by atoms with van der Waals surface area (Å²) in [4.78, 5) is 9.96. The van der Waals surface area contributed by atoms with Crippen molar-refractivity contribution in [3.8, 4) is 44.9 Å². The van der Waals surface area contributed by atoms with E-state index in [1.54, 1.807) is 0 Å². The van der Waals surface area contributed by atoms with Crippen molar-refractivity contribution in [3.63, 3.8) is 0 Å². The molecule has 180 valence electrons. The van der Waals surface area contributed by atoms with Crippen molar-refractivity contribution in [1.82, 2.24) is 9.97 Å². The van der Waals surface area contributed by atoms with Crippen molar-refractivity contribution in [1.29, 1.82) is 0 Å². The highest BCUT2D eigenvalue weighted by Gasteiger charge is 2.13. The molecule has 0 aliphatic rings. The molecule has 0 fully saturated rings. The monoisotopic (exact) mass is 504 g/mol. The summed E-state index contributed by atoms with van der Waals surface area (Å²) < 4.78 is 2.59. The number of hydrogen-bond donors (Lipinski definition) is 0. The predicted octanol–water partition coefficient (Wildman–Crippen LogP) is 9.82. The molecule has 0 aliphatic heterocycles. The molecule has 2 heterocycles. The van der Waals surface area contributed by atoms with Crippen LogP contribution in [-0.4, -0.2) is 9.97 Å². The number of rotatable bonds is 4. The van der Waals surface area contributed by atoms with Crippen LogP contribution in [-0.2, 0) is 0 Å². The van der Waals surface area contributed by atoms with Crippen LogP contribution in [0.5, 0.6) is 0 Å². The van der Waals surface area contributed by atoms with E-state index in [9.17, 15) is 0 Å². The van der Waals surface area contributed by atoms with E-state index in [1.807, 2.05) is 18.3 Å². The zero-order valence-electron chi connectivity index (χ0n) is 20.9. The normalized spacial score (nSPS) is 11.3. The lowest BCUT2D eigenvalue weighted by atomic mass is 9.95. The first-order chi connectivity index (χ1) is 18.7. The molecule has 0 amide bonds. The van der Waals surface area contributed by atoms with Crippen LogP contribution >= 0.6 is 11.3 Å². The molecule has 0 saturated heterocycles. The maximum absolute atomic E-state index is 5.11. The lowest BCUT2D eigenvalue weighted by molar-refractivity contribution is 1.12. The van der Waals surface area contributed by atoms with E-state index < -0.39 is 0 Å². The minimum Gasteiger partial charge on any atom is -0.233 e. The van der Waals surface area contributed by atoms with Gasteiger partial charge >= 0.3 is 0 Å². The fourth-order valence-corrected chi connectivity index (χ4v) is 6.17. The van der Waals surface area contributed by atoms with E-state index in [1.165, 1.54) is 42.4 Å². The van der Waals surface area contributed by atoms with Gasteiger partial charge in [0.15, 0.2) is 5.82 Å². The third-order valence-corrected chi connectivity index (χ3v) is 8.08. The summed E-state index contributed by atoms with van der Waals surface area (Å²) in [6, 6.07) is 45.1. The second-order valence-corrected chi connectivity index (χ2v) is 10.6. The van der Waals surface area contributed by atoms with Gasteiger partial charge in [-0.3, -0.25) is 0 Å². The van der Waals surface area contributed by atoms with E-state index in [2.05, 4.69) is 127 Å². The Kier molecular flexibility index (Phi) is 5.57. The van der Waals surface area contributed by atoms with Crippen LogP contribution in [0.3, 0.4) is 0 Å². The first-order valence-corrected chi connectivity index (χ1v) is 13.6. The smallest absolute Gasteiger partial charge is 0.160 e. The summed E-state index contributed by atoms with van der Waals surface area (Å²) in [7, 11) is 0. The molecular formula is C35H24N2S. The minimum absolute atomic E-state index is 0.753. The maximum atomic E-state index is 5.11. The number of thiophene rings is 1. The highest BCUT2D eigenvalue weighted by Crippen LogP contribution is 2.37. The number of nitrogens with zero attached hydrogens (tertiary/aromatic N) is 2. The number of hydrogen-bond acceptors (Lipinski definition) is 3. The first kappa shape index (κ1) is 22.6. The molecule has 38 heavy (non-hydrogen) atoms. The van der Waals surface area contributed by atoms with E-state index in [0.717, 1.165) is 28.3 Å². The molecule has 0 bridgehead atoms. The van der Waals surface area contributed by atoms with Crippen LogP contribution in [0, 0.1) is 6.92 Å². The van der Waals surface area contributed by atoms with Gasteiger partial charge in [-0.2, -0.15) is 0 Å². The van der Waals surface area contributed by atoms with E-state index in [4.69, 9.17) is 9.97 Å². The Bertz CT molecular complexity index is 1860. The van der Waals surface area contributed by atoms with Gasteiger partial charge in [0.2, 0.25) is 0 Å². The van der Waals surface area contributed by atoms with Crippen LogP contribution in [0.15, 0.2) is 127 Å². The van der Waals surface area contributed by atoms with Gasteiger partial charge in [0.05, 0.1) is 5.69 Å². The molecule has 7 aromatic rings. The van der Waals surface area contributed by atoms with Crippen LogP contribution in [0.1, 0.15) is 5.69 Å². The maximum Gasteiger partial charge on any atom is 0.160 e. The summed E-state index contributed by atoms with van der Waals surface area (Å²) in [6.07, 6.45) is 0. The summed E-state index contributed by atoms with van der Waals surface area (Å²) in [6.45, 7) is 2.05. The fourth-order valence-electron chi connectivity index (χ4n) is 5.08. The predicted molar refractivity (Wildman–Crippen MR) is 161 cm³/mol. The molecule has 5 aromatic carbocycles. The van der Waals surface area contributed by atoms with Crippen molar-refractivity contribution in [3.05, 3.63) is 133 Å². The van der Waals surface area contributed by atoms with Gasteiger partial charge in [-0.15, -0.1) is 11.3 Å². The fraction of sp³-hybridized carbons (Fsp3) is 0.0286. The summed E-state index contributed by atoms with van der Waals surface area (Å²) in [5.41, 5.74) is 8.72. The molecule has 2 aromatic heterocycles. The Morgan fingerprint density at radius 3 is 1.76 bits per heavy atom. The quantitative estimate of drug-likeness (QED) is 0.238. The van der Waals surface area contributed by atoms with Crippen LogP contribution < -0.4 is 0 Å². The van der Waals surface area contributed by atoms with Crippen molar-refractivity contribution >= 4 is 31.5 Å². The van der Waals surface area contributed by atoms with Crippen molar-refractivity contribution in [2.24, 2.45) is 0 Å². The van der Waals surface area contributed by atoms with E-state index >= 15 is 0 Å². The molecule has 0 aliphatic carbocycles. The summed E-state index contributed by atoms with van der Waals surface area (Å²) >= 11 is 1.83. The summed E-state index contributed by atoms with van der Waals surface area (Å²) in [5, 5.41) is 2.54. The molecule has 3 heteroatoms. The molecule has 0 unspecified atom stereocenters. The first-order valence-electron chi connectivity index (χ1n) is 12.7. The Morgan fingerprint density at radius 2 is 1.05 bits per heavy atom.